The van der Waals surface area contributed by atoms with Gasteiger partial charge in [0.1, 0.15) is 11.4 Å². The molecule has 1 aliphatic carbocycles. The minimum atomic E-state index is 0.455. The summed E-state index contributed by atoms with van der Waals surface area (Å²) in [5.41, 5.74) is 3.31. The number of aromatic nitrogens is 2. The number of hydrogen-bond donors (Lipinski definition) is 2. The van der Waals surface area contributed by atoms with E-state index in [1.165, 1.54) is 19.1 Å². The van der Waals surface area contributed by atoms with Gasteiger partial charge in [0.15, 0.2) is 0 Å². The standard InChI is InChI=1S/C14H13ClN4/c15-14-4-3-12-13(19-14)5-9(7-18-12)10(6-16)8-17-11-1-2-11/h3-8,11,16-17H,1-2H2/p+1. The molecule has 96 valence electrons. The fourth-order valence-corrected chi connectivity index (χ4v) is 2.05. The van der Waals surface area contributed by atoms with Crippen LogP contribution in [-0.4, -0.2) is 22.2 Å². The number of nitrogens with zero attached hydrogens (tertiary/aromatic N) is 2. The Kier molecular flexibility index (Phi) is 3.27. The van der Waals surface area contributed by atoms with Crippen molar-refractivity contribution in [2.24, 2.45) is 0 Å². The van der Waals surface area contributed by atoms with Crippen molar-refractivity contribution in [3.63, 3.8) is 0 Å². The van der Waals surface area contributed by atoms with Gasteiger partial charge >= 0.3 is 0 Å². The number of halogens is 1. The van der Waals surface area contributed by atoms with Crippen LogP contribution in [0.15, 0.2) is 30.6 Å². The molecule has 0 radical (unpaired) electrons. The molecule has 0 unspecified atom stereocenters. The molecule has 0 saturated heterocycles. The molecule has 2 heterocycles. The van der Waals surface area contributed by atoms with E-state index in [0.29, 0.717) is 11.2 Å². The minimum Gasteiger partial charge on any atom is -0.317 e. The highest BCUT2D eigenvalue weighted by atomic mass is 35.5. The van der Waals surface area contributed by atoms with Crippen LogP contribution < -0.4 is 5.32 Å². The van der Waals surface area contributed by atoms with Gasteiger partial charge in [-0.2, -0.15) is 0 Å². The maximum atomic E-state index is 7.52. The van der Waals surface area contributed by atoms with E-state index in [2.05, 4.69) is 15.3 Å². The highest BCUT2D eigenvalue weighted by Crippen LogP contribution is 2.18. The molecule has 0 atom stereocenters. The quantitative estimate of drug-likeness (QED) is 0.661. The summed E-state index contributed by atoms with van der Waals surface area (Å²) in [5.74, 6) is 0. The van der Waals surface area contributed by atoms with Gasteiger partial charge in [0.25, 0.3) is 0 Å². The smallest absolute Gasteiger partial charge is 0.129 e. The summed E-state index contributed by atoms with van der Waals surface area (Å²) < 4.78 is 0. The molecule has 1 saturated carbocycles. The number of fused-ring (bicyclic) bond motifs is 1. The normalized spacial score (nSPS) is 15.7. The Labute approximate surface area is 116 Å². The van der Waals surface area contributed by atoms with Crippen LogP contribution in [0, 0.1) is 5.41 Å². The average Bonchev–Trinajstić information content (AvgIpc) is 3.23. The van der Waals surface area contributed by atoms with Crippen molar-refractivity contribution in [1.29, 1.82) is 5.41 Å². The van der Waals surface area contributed by atoms with E-state index in [1.54, 1.807) is 12.3 Å². The molecule has 19 heavy (non-hydrogen) atoms. The van der Waals surface area contributed by atoms with E-state index in [4.69, 9.17) is 17.0 Å². The van der Waals surface area contributed by atoms with Gasteiger partial charge in [0.2, 0.25) is 0 Å². The predicted molar refractivity (Wildman–Crippen MR) is 76.3 cm³/mol. The summed E-state index contributed by atoms with van der Waals surface area (Å²) in [6.07, 6.45) is 7.64. The monoisotopic (exact) mass is 273 g/mol. The van der Waals surface area contributed by atoms with Gasteiger partial charge < -0.3 is 10.7 Å². The molecule has 1 aliphatic rings. The molecule has 1 fully saturated rings. The van der Waals surface area contributed by atoms with E-state index < -0.39 is 0 Å². The van der Waals surface area contributed by atoms with Crippen LogP contribution in [0.5, 0.6) is 0 Å². The van der Waals surface area contributed by atoms with Crippen LogP contribution in [0.3, 0.4) is 0 Å². The Morgan fingerprint density at radius 2 is 2.21 bits per heavy atom. The molecule has 3 N–H and O–H groups in total. The van der Waals surface area contributed by atoms with Crippen LogP contribution in [0.25, 0.3) is 16.6 Å². The van der Waals surface area contributed by atoms with E-state index in [0.717, 1.165) is 22.2 Å². The lowest BCUT2D eigenvalue weighted by molar-refractivity contribution is -0.601. The molecule has 0 spiro atoms. The van der Waals surface area contributed by atoms with E-state index in [-0.39, 0.29) is 0 Å². The lowest BCUT2D eigenvalue weighted by atomic mass is 10.1. The van der Waals surface area contributed by atoms with E-state index in [1.807, 2.05) is 18.3 Å². The zero-order valence-corrected chi connectivity index (χ0v) is 11.1. The highest BCUT2D eigenvalue weighted by Gasteiger charge is 2.24. The summed E-state index contributed by atoms with van der Waals surface area (Å²) in [6, 6.07) is 6.19. The largest absolute Gasteiger partial charge is 0.317 e. The summed E-state index contributed by atoms with van der Waals surface area (Å²) in [5, 5.41) is 10.1. The summed E-state index contributed by atoms with van der Waals surface area (Å²) >= 11 is 5.89. The lowest BCUT2D eigenvalue weighted by Crippen LogP contribution is -2.80. The van der Waals surface area contributed by atoms with Crippen LogP contribution in [0.2, 0.25) is 5.15 Å². The number of allylic oxidation sites excluding steroid dienone is 1. The first-order valence-corrected chi connectivity index (χ1v) is 6.62. The molecule has 0 bridgehead atoms. The topological polar surface area (TPSA) is 66.2 Å². The van der Waals surface area contributed by atoms with Crippen molar-refractivity contribution in [1.82, 2.24) is 9.97 Å². The summed E-state index contributed by atoms with van der Waals surface area (Å²) in [4.78, 5) is 8.61. The molecule has 0 aromatic carbocycles. The predicted octanol–water partition coefficient (Wildman–Crippen LogP) is 2.00. The second-order valence-electron chi connectivity index (χ2n) is 4.69. The first-order chi connectivity index (χ1) is 9.26. The second-order valence-corrected chi connectivity index (χ2v) is 5.08. The Hall–Kier alpha value is -1.78. The van der Waals surface area contributed by atoms with E-state index >= 15 is 0 Å². The maximum absolute atomic E-state index is 7.52. The van der Waals surface area contributed by atoms with Gasteiger partial charge in [-0.05, 0) is 18.2 Å². The summed E-state index contributed by atoms with van der Waals surface area (Å²) in [6.45, 7) is 0. The molecular formula is C14H14ClN4+. The number of hydrogen-bond acceptors (Lipinski definition) is 3. The Morgan fingerprint density at radius 1 is 1.37 bits per heavy atom. The zero-order chi connectivity index (χ0) is 13.2. The molecular weight excluding hydrogens is 260 g/mol. The van der Waals surface area contributed by atoms with Crippen molar-refractivity contribution in [3.8, 4) is 0 Å². The van der Waals surface area contributed by atoms with Crippen molar-refractivity contribution >= 4 is 34.4 Å². The number of rotatable bonds is 4. The molecule has 5 heteroatoms. The number of nitrogens with two attached hydrogens (primary N) is 1. The molecule has 4 nitrogen and oxygen atoms in total. The molecule has 0 aliphatic heterocycles. The minimum absolute atomic E-state index is 0.455. The van der Waals surface area contributed by atoms with Gasteiger partial charge in [-0.25, -0.2) is 4.98 Å². The summed E-state index contributed by atoms with van der Waals surface area (Å²) in [7, 11) is 0. The number of quaternary nitrogens is 1. The Bertz CT molecular complexity index is 662. The maximum Gasteiger partial charge on any atom is 0.129 e. The third kappa shape index (κ3) is 2.80. The zero-order valence-electron chi connectivity index (χ0n) is 10.3. The molecule has 2 aromatic heterocycles. The van der Waals surface area contributed by atoms with Crippen molar-refractivity contribution in [3.05, 3.63) is 41.3 Å². The van der Waals surface area contributed by atoms with Gasteiger partial charge in [-0.3, -0.25) is 4.98 Å². The SMILES string of the molecule is N=CC(=C[NH2+]C1CC1)c1cnc2ccc(Cl)nc2c1. The van der Waals surface area contributed by atoms with Crippen LogP contribution >= 0.6 is 11.6 Å². The third-order valence-corrected chi connectivity index (χ3v) is 3.37. The fourth-order valence-electron chi connectivity index (χ4n) is 1.90. The van der Waals surface area contributed by atoms with E-state index in [9.17, 15) is 0 Å². The Balaban J connectivity index is 1.97. The second kappa shape index (κ2) is 5.07. The molecule has 3 rings (SSSR count). The molecule has 2 aromatic rings. The van der Waals surface area contributed by atoms with Crippen molar-refractivity contribution in [2.45, 2.75) is 18.9 Å². The van der Waals surface area contributed by atoms with Gasteiger partial charge in [0, 0.05) is 30.8 Å². The highest BCUT2D eigenvalue weighted by molar-refractivity contribution is 6.29. The average molecular weight is 274 g/mol. The van der Waals surface area contributed by atoms with Crippen LogP contribution in [-0.2, 0) is 0 Å². The fraction of sp³-hybridized carbons (Fsp3) is 0.214. The van der Waals surface area contributed by atoms with Gasteiger partial charge in [0.05, 0.1) is 22.6 Å². The van der Waals surface area contributed by atoms with Crippen LogP contribution in [0.1, 0.15) is 18.4 Å². The van der Waals surface area contributed by atoms with Crippen molar-refractivity contribution in [2.75, 3.05) is 0 Å². The van der Waals surface area contributed by atoms with Gasteiger partial charge in [-0.1, -0.05) is 11.6 Å². The first kappa shape index (κ1) is 12.3. The Morgan fingerprint density at radius 3 is 2.95 bits per heavy atom. The number of pyridine rings is 2. The number of nitrogens with one attached hydrogen (secondary N) is 1. The lowest BCUT2D eigenvalue weighted by Gasteiger charge is -2.02. The first-order valence-electron chi connectivity index (χ1n) is 6.24. The molecule has 0 amide bonds. The van der Waals surface area contributed by atoms with Crippen molar-refractivity contribution < 1.29 is 5.32 Å². The van der Waals surface area contributed by atoms with Gasteiger partial charge in [-0.15, -0.1) is 0 Å². The third-order valence-electron chi connectivity index (χ3n) is 3.16. The van der Waals surface area contributed by atoms with Crippen LogP contribution in [0.4, 0.5) is 0 Å².